The minimum absolute atomic E-state index is 0.111. The lowest BCUT2D eigenvalue weighted by atomic mass is 9.75. The van der Waals surface area contributed by atoms with Crippen molar-refractivity contribution in [1.29, 1.82) is 0 Å². The molecule has 2 atom stereocenters. The molecule has 1 saturated carbocycles. The molecule has 0 unspecified atom stereocenters. The Labute approximate surface area is 223 Å². The Morgan fingerprint density at radius 1 is 1.13 bits per heavy atom. The van der Waals surface area contributed by atoms with Crippen molar-refractivity contribution < 1.29 is 28.1 Å². The number of aromatic nitrogens is 3. The Morgan fingerprint density at radius 3 is 2.55 bits per heavy atom. The average molecular weight is 551 g/mol. The van der Waals surface area contributed by atoms with Gasteiger partial charge in [-0.3, -0.25) is 4.98 Å². The van der Waals surface area contributed by atoms with Gasteiger partial charge in [-0.15, -0.1) is 0 Å². The molecule has 2 aromatic heterocycles. The summed E-state index contributed by atoms with van der Waals surface area (Å²) in [6.07, 6.45) is 1.58. The lowest BCUT2D eigenvalue weighted by Gasteiger charge is -2.38. The Balaban J connectivity index is 1.59. The molecule has 0 radical (unpaired) electrons. The molecule has 1 aromatic carbocycles. The zero-order valence-corrected chi connectivity index (χ0v) is 21.9. The molecule has 11 heteroatoms. The van der Waals surface area contributed by atoms with Crippen molar-refractivity contribution in [2.75, 3.05) is 18.5 Å². The van der Waals surface area contributed by atoms with Gasteiger partial charge in [-0.05, 0) is 42.9 Å². The number of ether oxygens (including phenoxy) is 1. The number of anilines is 1. The minimum atomic E-state index is -2.82. The highest BCUT2D eigenvalue weighted by Gasteiger charge is 2.44. The third kappa shape index (κ3) is 5.19. The molecule has 3 aromatic rings. The van der Waals surface area contributed by atoms with Gasteiger partial charge in [0.15, 0.2) is 0 Å². The number of hydrogen-bond donors (Lipinski definition) is 3. The molecule has 2 fully saturated rings. The van der Waals surface area contributed by atoms with Crippen molar-refractivity contribution in [3.8, 4) is 11.3 Å². The molecule has 0 bridgehead atoms. The summed E-state index contributed by atoms with van der Waals surface area (Å²) in [7, 11) is 0. The molecule has 3 N–H and O–H groups in total. The molecule has 204 valence electrons. The molecular weight excluding hydrogens is 521 g/mol. The lowest BCUT2D eigenvalue weighted by Crippen LogP contribution is -2.42. The topological polar surface area (TPSA) is 100 Å². The van der Waals surface area contributed by atoms with E-state index in [2.05, 4.69) is 20.3 Å². The van der Waals surface area contributed by atoms with E-state index in [1.807, 2.05) is 13.8 Å². The first-order valence-corrected chi connectivity index (χ1v) is 13.1. The Morgan fingerprint density at radius 2 is 1.87 bits per heavy atom. The van der Waals surface area contributed by atoms with Crippen LogP contribution in [0.4, 0.5) is 19.1 Å². The van der Waals surface area contributed by atoms with Gasteiger partial charge in [0, 0.05) is 42.2 Å². The van der Waals surface area contributed by atoms with E-state index in [0.29, 0.717) is 35.1 Å². The molecular formula is C27H30ClF3N4O3. The van der Waals surface area contributed by atoms with Crippen molar-refractivity contribution in [1.82, 2.24) is 15.0 Å². The van der Waals surface area contributed by atoms with Crippen LogP contribution in [0, 0.1) is 5.82 Å². The zero-order chi connectivity index (χ0) is 27.2. The van der Waals surface area contributed by atoms with E-state index in [0.717, 1.165) is 0 Å². The molecule has 3 heterocycles. The van der Waals surface area contributed by atoms with E-state index in [1.165, 1.54) is 18.5 Å². The highest BCUT2D eigenvalue weighted by molar-refractivity contribution is 6.33. The number of benzene rings is 1. The van der Waals surface area contributed by atoms with Crippen LogP contribution in [0.25, 0.3) is 22.2 Å². The summed E-state index contributed by atoms with van der Waals surface area (Å²) >= 11 is 6.44. The first-order chi connectivity index (χ1) is 18.0. The van der Waals surface area contributed by atoms with E-state index in [1.54, 1.807) is 6.07 Å². The van der Waals surface area contributed by atoms with E-state index in [4.69, 9.17) is 16.3 Å². The predicted octanol–water partition coefficient (Wildman–Crippen LogP) is 5.57. The molecule has 2 aliphatic rings. The molecule has 0 spiro atoms. The number of rotatable bonds is 5. The number of alkyl halides is 2. The second-order valence-electron chi connectivity index (χ2n) is 10.6. The van der Waals surface area contributed by atoms with Gasteiger partial charge in [-0.25, -0.2) is 23.1 Å². The van der Waals surface area contributed by atoms with Crippen molar-refractivity contribution in [3.05, 3.63) is 46.5 Å². The quantitative estimate of drug-likeness (QED) is 0.382. The van der Waals surface area contributed by atoms with Crippen molar-refractivity contribution >= 4 is 28.5 Å². The van der Waals surface area contributed by atoms with Crippen LogP contribution in [0.3, 0.4) is 0 Å². The number of nitrogens with zero attached hydrogens (tertiary/aromatic N) is 3. The van der Waals surface area contributed by atoms with E-state index in [-0.39, 0.29) is 53.6 Å². The summed E-state index contributed by atoms with van der Waals surface area (Å²) in [6, 6.07) is 2.69. The van der Waals surface area contributed by atoms with Gasteiger partial charge < -0.3 is 20.3 Å². The average Bonchev–Trinajstić information content (AvgIpc) is 2.87. The smallest absolute Gasteiger partial charge is 0.248 e. The summed E-state index contributed by atoms with van der Waals surface area (Å²) < 4.78 is 48.5. The van der Waals surface area contributed by atoms with Crippen LogP contribution in [-0.2, 0) is 10.3 Å². The van der Waals surface area contributed by atoms with Crippen LogP contribution in [0.5, 0.6) is 0 Å². The van der Waals surface area contributed by atoms with Crippen molar-refractivity contribution in [2.24, 2.45) is 0 Å². The molecule has 1 aliphatic carbocycles. The van der Waals surface area contributed by atoms with Crippen LogP contribution in [-0.4, -0.2) is 56.4 Å². The number of halogens is 4. The van der Waals surface area contributed by atoms with Crippen LogP contribution < -0.4 is 5.32 Å². The monoisotopic (exact) mass is 550 g/mol. The van der Waals surface area contributed by atoms with E-state index < -0.39 is 36.3 Å². The maximum absolute atomic E-state index is 15.4. The van der Waals surface area contributed by atoms with Crippen LogP contribution in [0.1, 0.15) is 63.0 Å². The molecule has 7 nitrogen and oxygen atoms in total. The van der Waals surface area contributed by atoms with Gasteiger partial charge in [0.1, 0.15) is 11.3 Å². The molecule has 1 aliphatic heterocycles. The van der Waals surface area contributed by atoms with E-state index >= 15 is 4.39 Å². The first kappa shape index (κ1) is 27.1. The number of aliphatic hydroxyl groups excluding tert-OH is 1. The van der Waals surface area contributed by atoms with Crippen LogP contribution in [0.2, 0.25) is 5.02 Å². The van der Waals surface area contributed by atoms with Crippen molar-refractivity contribution in [2.45, 2.75) is 75.5 Å². The number of nitrogens with one attached hydrogen (secondary N) is 1. The molecule has 0 amide bonds. The highest BCUT2D eigenvalue weighted by atomic mass is 35.5. The Bertz CT molecular complexity index is 1350. The predicted molar refractivity (Wildman–Crippen MR) is 138 cm³/mol. The summed E-state index contributed by atoms with van der Waals surface area (Å²) in [5.41, 5.74) is 0.376. The summed E-state index contributed by atoms with van der Waals surface area (Å²) in [4.78, 5) is 13.0. The van der Waals surface area contributed by atoms with E-state index in [9.17, 15) is 19.0 Å². The fourth-order valence-corrected chi connectivity index (χ4v) is 5.60. The summed E-state index contributed by atoms with van der Waals surface area (Å²) in [5.74, 6) is -3.35. The van der Waals surface area contributed by atoms with Gasteiger partial charge in [0.25, 0.3) is 0 Å². The third-order valence-corrected chi connectivity index (χ3v) is 7.79. The number of aliphatic hydroxyl groups is 2. The second-order valence-corrected chi connectivity index (χ2v) is 11.0. The fraction of sp³-hybridized carbons (Fsp3) is 0.519. The zero-order valence-electron chi connectivity index (χ0n) is 21.1. The van der Waals surface area contributed by atoms with Gasteiger partial charge in [0.2, 0.25) is 11.9 Å². The van der Waals surface area contributed by atoms with Gasteiger partial charge in [-0.1, -0.05) is 25.4 Å². The maximum atomic E-state index is 15.4. The fourth-order valence-electron chi connectivity index (χ4n) is 5.40. The lowest BCUT2D eigenvalue weighted by molar-refractivity contribution is -0.107. The SMILES string of the molecule is CC(C)c1c(C2(O)CCC(F)(F)CC2)cnc2c(F)cc(-c3nc(N[C@@H]4CCOC[C@H]4O)ncc3Cl)cc12. The summed E-state index contributed by atoms with van der Waals surface area (Å²) in [5, 5.41) is 25.4. The van der Waals surface area contributed by atoms with Gasteiger partial charge in [-0.2, -0.15) is 0 Å². The number of hydrogen-bond acceptors (Lipinski definition) is 7. The van der Waals surface area contributed by atoms with Crippen LogP contribution >= 0.6 is 11.6 Å². The van der Waals surface area contributed by atoms with Crippen molar-refractivity contribution in [3.63, 3.8) is 0 Å². The standard InChI is InChI=1S/C27H30ClF3N4O3/c1-14(2)22-16-9-15(23-18(28)12-33-25(35-23)34-20-3-8-38-13-21(20)36)10-19(29)24(16)32-11-17(22)26(37)4-6-27(30,31)7-5-26/h9-12,14,20-21,36-37H,3-8,13H2,1-2H3,(H,33,34,35)/t20-,21-/m1/s1. The Kier molecular flexibility index (Phi) is 7.28. The van der Waals surface area contributed by atoms with Crippen LogP contribution in [0.15, 0.2) is 24.5 Å². The second kappa shape index (κ2) is 10.2. The maximum Gasteiger partial charge on any atom is 0.248 e. The minimum Gasteiger partial charge on any atom is -0.389 e. The summed E-state index contributed by atoms with van der Waals surface area (Å²) in [6.45, 7) is 4.50. The highest BCUT2D eigenvalue weighted by Crippen LogP contribution is 2.47. The normalized spacial score (nSPS) is 23.1. The van der Waals surface area contributed by atoms with Gasteiger partial charge >= 0.3 is 0 Å². The Hall–Kier alpha value is -2.53. The third-order valence-electron chi connectivity index (χ3n) is 7.51. The van der Waals surface area contributed by atoms with Gasteiger partial charge in [0.05, 0.1) is 41.3 Å². The molecule has 38 heavy (non-hydrogen) atoms. The number of pyridine rings is 1. The largest absolute Gasteiger partial charge is 0.389 e. The first-order valence-electron chi connectivity index (χ1n) is 12.8. The molecule has 1 saturated heterocycles. The number of fused-ring (bicyclic) bond motifs is 1. The molecule has 5 rings (SSSR count).